The first-order valence-electron chi connectivity index (χ1n) is 12.2. The number of nitrogens with one attached hydrogen (secondary N) is 1. The van der Waals surface area contributed by atoms with Gasteiger partial charge in [-0.15, -0.1) is 6.58 Å². The Labute approximate surface area is 180 Å². The zero-order valence-electron chi connectivity index (χ0n) is 19.2. The van der Waals surface area contributed by atoms with Crippen LogP contribution in [-0.4, -0.2) is 24.6 Å². The Kier molecular flexibility index (Phi) is 8.81. The lowest BCUT2D eigenvalue weighted by atomic mass is 9.79. The van der Waals surface area contributed by atoms with Crippen LogP contribution in [0.1, 0.15) is 65.7 Å². The second kappa shape index (κ2) is 11.3. The minimum absolute atomic E-state index is 0.537. The van der Waals surface area contributed by atoms with Crippen LogP contribution in [0.5, 0.6) is 0 Å². The fourth-order valence-corrected chi connectivity index (χ4v) is 5.60. The number of hydrogen-bond acceptors (Lipinski definition) is 2. The quantitative estimate of drug-likeness (QED) is 0.421. The highest BCUT2D eigenvalue weighted by Gasteiger charge is 2.34. The van der Waals surface area contributed by atoms with Crippen LogP contribution in [0, 0.1) is 35.5 Å². The van der Waals surface area contributed by atoms with Crippen LogP contribution in [0.3, 0.4) is 0 Å². The highest BCUT2D eigenvalue weighted by molar-refractivity contribution is 5.32. The molecule has 0 aromatic heterocycles. The van der Waals surface area contributed by atoms with Crippen LogP contribution in [-0.2, 0) is 0 Å². The van der Waals surface area contributed by atoms with Gasteiger partial charge in [-0.05, 0) is 48.0 Å². The summed E-state index contributed by atoms with van der Waals surface area (Å²) in [6.07, 6.45) is 23.7. The summed E-state index contributed by atoms with van der Waals surface area (Å²) in [5.41, 5.74) is 5.08. The molecule has 162 valence electrons. The second-order valence-corrected chi connectivity index (χ2v) is 10.1. The van der Waals surface area contributed by atoms with E-state index in [1.807, 2.05) is 6.08 Å². The molecule has 1 N–H and O–H groups in total. The van der Waals surface area contributed by atoms with E-state index >= 15 is 0 Å². The van der Waals surface area contributed by atoms with E-state index in [1.54, 1.807) is 0 Å². The minimum atomic E-state index is 0.537. The van der Waals surface area contributed by atoms with Crippen molar-refractivity contribution in [2.75, 3.05) is 19.6 Å². The lowest BCUT2D eigenvalue weighted by Gasteiger charge is -2.26. The number of nitrogens with zero attached hydrogens (tertiary/aromatic N) is 1. The van der Waals surface area contributed by atoms with Crippen LogP contribution < -0.4 is 5.43 Å². The molecule has 0 spiro atoms. The lowest BCUT2D eigenvalue weighted by Crippen LogP contribution is -2.36. The first-order valence-corrected chi connectivity index (χ1v) is 12.2. The zero-order valence-corrected chi connectivity index (χ0v) is 19.2. The first-order chi connectivity index (χ1) is 14.1. The molecule has 5 atom stereocenters. The fraction of sp³-hybridized carbons (Fsp3) is 0.704. The van der Waals surface area contributed by atoms with Crippen molar-refractivity contribution < 1.29 is 0 Å². The summed E-state index contributed by atoms with van der Waals surface area (Å²) < 4.78 is 0. The van der Waals surface area contributed by atoms with Gasteiger partial charge in [0.1, 0.15) is 0 Å². The normalized spacial score (nSPS) is 30.3. The molecule has 0 bridgehead atoms. The van der Waals surface area contributed by atoms with Crippen LogP contribution >= 0.6 is 0 Å². The van der Waals surface area contributed by atoms with E-state index in [0.717, 1.165) is 43.3 Å². The first kappa shape index (κ1) is 22.6. The number of allylic oxidation sites excluding steroid dienone is 5. The Bertz CT molecular complexity index is 596. The van der Waals surface area contributed by atoms with Gasteiger partial charge in [0.25, 0.3) is 0 Å². The maximum absolute atomic E-state index is 3.87. The van der Waals surface area contributed by atoms with Gasteiger partial charge in [-0.3, -0.25) is 5.43 Å². The molecule has 0 aromatic carbocycles. The molecule has 1 aliphatic heterocycles. The van der Waals surface area contributed by atoms with Crippen molar-refractivity contribution in [2.24, 2.45) is 35.5 Å². The number of hydrazine groups is 1. The molecule has 3 rings (SSSR count). The molecule has 5 unspecified atom stereocenters. The van der Waals surface area contributed by atoms with Gasteiger partial charge in [0.2, 0.25) is 0 Å². The summed E-state index contributed by atoms with van der Waals surface area (Å²) in [4.78, 5) is 0. The Hall–Kier alpha value is -1.12. The smallest absolute Gasteiger partial charge is 0.0280 e. The molecule has 2 aliphatic carbocycles. The SMILES string of the molecule is C=CCNN1CC(CCC(C)C(C)CC2CCCC2)C(C2=CC=CC(C)C=C2)C1. The van der Waals surface area contributed by atoms with Crippen molar-refractivity contribution in [3.8, 4) is 0 Å². The van der Waals surface area contributed by atoms with Gasteiger partial charge in [0, 0.05) is 25.6 Å². The molecule has 2 heteroatoms. The highest BCUT2D eigenvalue weighted by atomic mass is 15.5. The Balaban J connectivity index is 1.57. The third-order valence-corrected chi connectivity index (χ3v) is 7.77. The molecule has 0 aromatic rings. The molecule has 1 saturated heterocycles. The van der Waals surface area contributed by atoms with Crippen molar-refractivity contribution in [1.82, 2.24) is 10.4 Å². The second-order valence-electron chi connectivity index (χ2n) is 10.1. The Morgan fingerprint density at radius 3 is 2.72 bits per heavy atom. The monoisotopic (exact) mass is 396 g/mol. The van der Waals surface area contributed by atoms with Crippen molar-refractivity contribution in [2.45, 2.75) is 65.7 Å². The molecule has 0 radical (unpaired) electrons. The van der Waals surface area contributed by atoms with E-state index in [9.17, 15) is 0 Å². The van der Waals surface area contributed by atoms with Gasteiger partial charge in [-0.2, -0.15) is 0 Å². The molecule has 1 heterocycles. The summed E-state index contributed by atoms with van der Waals surface area (Å²) in [5.74, 6) is 4.64. The predicted octanol–water partition coefficient (Wildman–Crippen LogP) is 6.55. The Morgan fingerprint density at radius 2 is 1.97 bits per heavy atom. The van der Waals surface area contributed by atoms with E-state index in [1.165, 1.54) is 50.5 Å². The molecule has 3 aliphatic rings. The predicted molar refractivity (Wildman–Crippen MR) is 126 cm³/mol. The van der Waals surface area contributed by atoms with Gasteiger partial charge in [0.15, 0.2) is 0 Å². The van der Waals surface area contributed by atoms with E-state index in [4.69, 9.17) is 0 Å². The van der Waals surface area contributed by atoms with E-state index < -0.39 is 0 Å². The lowest BCUT2D eigenvalue weighted by molar-refractivity contribution is 0.229. The topological polar surface area (TPSA) is 15.3 Å². The van der Waals surface area contributed by atoms with Gasteiger partial charge >= 0.3 is 0 Å². The summed E-state index contributed by atoms with van der Waals surface area (Å²) >= 11 is 0. The van der Waals surface area contributed by atoms with Crippen molar-refractivity contribution in [3.63, 3.8) is 0 Å². The minimum Gasteiger partial charge on any atom is -0.251 e. The number of hydrogen-bond donors (Lipinski definition) is 1. The van der Waals surface area contributed by atoms with Gasteiger partial charge < -0.3 is 0 Å². The van der Waals surface area contributed by atoms with E-state index in [0.29, 0.717) is 11.8 Å². The molecule has 0 amide bonds. The van der Waals surface area contributed by atoms with Crippen LogP contribution in [0.15, 0.2) is 48.6 Å². The third kappa shape index (κ3) is 6.69. The zero-order chi connectivity index (χ0) is 20.6. The average Bonchev–Trinajstić information content (AvgIpc) is 3.31. The third-order valence-electron chi connectivity index (χ3n) is 7.77. The Morgan fingerprint density at radius 1 is 1.17 bits per heavy atom. The standard InChI is InChI=1S/C27H44N2/c1-5-17-28-29-19-26(27(20-29)25-12-8-9-21(2)13-15-25)16-14-22(3)23(4)18-24-10-6-7-11-24/h5,8-9,12-13,15,21-24,26-28H,1,6-7,10-11,14,16-20H2,2-4H3. The van der Waals surface area contributed by atoms with Crippen molar-refractivity contribution in [3.05, 3.63) is 48.6 Å². The summed E-state index contributed by atoms with van der Waals surface area (Å²) in [6, 6.07) is 0. The molecule has 2 nitrogen and oxygen atoms in total. The molecule has 29 heavy (non-hydrogen) atoms. The maximum Gasteiger partial charge on any atom is 0.0280 e. The molecule has 1 saturated carbocycles. The van der Waals surface area contributed by atoms with Crippen LogP contribution in [0.25, 0.3) is 0 Å². The largest absolute Gasteiger partial charge is 0.251 e. The summed E-state index contributed by atoms with van der Waals surface area (Å²) in [5, 5.41) is 2.44. The van der Waals surface area contributed by atoms with Crippen LogP contribution in [0.4, 0.5) is 0 Å². The maximum atomic E-state index is 3.87. The van der Waals surface area contributed by atoms with E-state index in [2.05, 4.69) is 68.2 Å². The summed E-state index contributed by atoms with van der Waals surface area (Å²) in [6.45, 7) is 14.3. The van der Waals surface area contributed by atoms with E-state index in [-0.39, 0.29) is 0 Å². The van der Waals surface area contributed by atoms with Gasteiger partial charge in [-0.1, -0.05) is 89.3 Å². The average molecular weight is 397 g/mol. The van der Waals surface area contributed by atoms with Gasteiger partial charge in [-0.25, -0.2) is 5.01 Å². The van der Waals surface area contributed by atoms with Gasteiger partial charge in [0.05, 0.1) is 0 Å². The summed E-state index contributed by atoms with van der Waals surface area (Å²) in [7, 11) is 0. The van der Waals surface area contributed by atoms with Crippen LogP contribution in [0.2, 0.25) is 0 Å². The molecular formula is C27H44N2. The van der Waals surface area contributed by atoms with Crippen molar-refractivity contribution in [1.29, 1.82) is 0 Å². The fourth-order valence-electron chi connectivity index (χ4n) is 5.60. The molecule has 2 fully saturated rings. The number of rotatable bonds is 10. The van der Waals surface area contributed by atoms with Crippen molar-refractivity contribution >= 4 is 0 Å². The molecular weight excluding hydrogens is 352 g/mol. The highest BCUT2D eigenvalue weighted by Crippen LogP contribution is 2.37.